The lowest BCUT2D eigenvalue weighted by Gasteiger charge is -2.23. The average Bonchev–Trinajstić information content (AvgIpc) is 2.61. The Balaban J connectivity index is 2.33. The molecule has 1 N–H and O–H groups in total. The second-order valence-electron chi connectivity index (χ2n) is 3.97. The highest BCUT2D eigenvalue weighted by atomic mass is 16.5. The Labute approximate surface area is 84.2 Å². The highest BCUT2D eigenvalue weighted by Crippen LogP contribution is 2.23. The number of hydrogen-bond donors (Lipinski definition) is 1. The van der Waals surface area contributed by atoms with Crippen LogP contribution >= 0.6 is 0 Å². The molecule has 1 fully saturated rings. The average molecular weight is 196 g/mol. The van der Waals surface area contributed by atoms with E-state index in [0.717, 1.165) is 19.4 Å². The molecule has 14 heavy (non-hydrogen) atoms. The molecule has 1 saturated heterocycles. The summed E-state index contributed by atoms with van der Waals surface area (Å²) in [5.41, 5.74) is -0.231. The highest BCUT2D eigenvalue weighted by Gasteiger charge is 2.30. The molecule has 1 rings (SSSR count). The van der Waals surface area contributed by atoms with Gasteiger partial charge in [-0.25, -0.2) is 0 Å². The maximum atomic E-state index is 11.3. The lowest BCUT2D eigenvalue weighted by Crippen LogP contribution is -2.41. The first-order valence-corrected chi connectivity index (χ1v) is 4.89. The molecular formula is C10H16N2O2. The van der Waals surface area contributed by atoms with Crippen molar-refractivity contribution in [2.24, 2.45) is 5.92 Å². The standard InChI is InChI=1S/C10H16N2O2/c1-8(6-11)9(13)12-7-10(2)4-3-5-14-10/h8H,3-5,7H2,1-2H3,(H,12,13). The van der Waals surface area contributed by atoms with Crippen LogP contribution in [0, 0.1) is 17.2 Å². The first-order chi connectivity index (χ1) is 6.57. The van der Waals surface area contributed by atoms with Gasteiger partial charge < -0.3 is 10.1 Å². The number of nitrogens with zero attached hydrogens (tertiary/aromatic N) is 1. The number of rotatable bonds is 3. The van der Waals surface area contributed by atoms with Gasteiger partial charge in [-0.15, -0.1) is 0 Å². The van der Waals surface area contributed by atoms with Crippen molar-refractivity contribution in [1.82, 2.24) is 5.32 Å². The molecule has 1 amide bonds. The molecule has 0 aromatic carbocycles. The third kappa shape index (κ3) is 2.71. The molecule has 2 atom stereocenters. The summed E-state index contributed by atoms with van der Waals surface area (Å²) in [4.78, 5) is 11.3. The summed E-state index contributed by atoms with van der Waals surface area (Å²) < 4.78 is 5.51. The van der Waals surface area contributed by atoms with Crippen LogP contribution in [0.4, 0.5) is 0 Å². The van der Waals surface area contributed by atoms with Gasteiger partial charge in [0.1, 0.15) is 5.92 Å². The van der Waals surface area contributed by atoms with Gasteiger partial charge in [0.2, 0.25) is 5.91 Å². The van der Waals surface area contributed by atoms with E-state index >= 15 is 0 Å². The predicted molar refractivity (Wildman–Crippen MR) is 51.4 cm³/mol. The quantitative estimate of drug-likeness (QED) is 0.727. The Bertz CT molecular complexity index is 251. The summed E-state index contributed by atoms with van der Waals surface area (Å²) in [5.74, 6) is -0.802. The maximum absolute atomic E-state index is 11.3. The van der Waals surface area contributed by atoms with E-state index in [-0.39, 0.29) is 11.5 Å². The Morgan fingerprint density at radius 2 is 2.50 bits per heavy atom. The lowest BCUT2D eigenvalue weighted by molar-refractivity contribution is -0.124. The molecule has 4 nitrogen and oxygen atoms in total. The van der Waals surface area contributed by atoms with Crippen LogP contribution in [0.15, 0.2) is 0 Å². The topological polar surface area (TPSA) is 62.1 Å². The fourth-order valence-corrected chi connectivity index (χ4v) is 1.46. The molecule has 0 aromatic rings. The molecule has 1 heterocycles. The third-order valence-electron chi connectivity index (χ3n) is 2.52. The summed E-state index contributed by atoms with van der Waals surface area (Å²) in [5, 5.41) is 11.2. The normalized spacial score (nSPS) is 28.1. The van der Waals surface area contributed by atoms with Gasteiger partial charge in [0.25, 0.3) is 0 Å². The molecule has 4 heteroatoms. The molecule has 2 unspecified atom stereocenters. The lowest BCUT2D eigenvalue weighted by atomic mass is 10.0. The highest BCUT2D eigenvalue weighted by molar-refractivity contribution is 5.80. The second-order valence-corrected chi connectivity index (χ2v) is 3.97. The molecule has 0 saturated carbocycles. The molecule has 0 spiro atoms. The number of hydrogen-bond acceptors (Lipinski definition) is 3. The Morgan fingerprint density at radius 1 is 1.79 bits per heavy atom. The number of nitrogens with one attached hydrogen (secondary N) is 1. The Hall–Kier alpha value is -1.08. The minimum absolute atomic E-state index is 0.218. The molecule has 0 aliphatic carbocycles. The van der Waals surface area contributed by atoms with Gasteiger partial charge in [0.05, 0.1) is 11.7 Å². The van der Waals surface area contributed by atoms with Crippen LogP contribution in [-0.4, -0.2) is 24.7 Å². The van der Waals surface area contributed by atoms with Crippen LogP contribution in [-0.2, 0) is 9.53 Å². The Morgan fingerprint density at radius 3 is 3.00 bits per heavy atom. The number of carbonyl (C=O) groups is 1. The van der Waals surface area contributed by atoms with Crippen LogP contribution in [0.3, 0.4) is 0 Å². The van der Waals surface area contributed by atoms with Gasteiger partial charge >= 0.3 is 0 Å². The van der Waals surface area contributed by atoms with E-state index in [1.807, 2.05) is 13.0 Å². The summed E-state index contributed by atoms with van der Waals surface area (Å²) in [6.45, 7) is 4.84. The molecule has 1 aliphatic heterocycles. The maximum Gasteiger partial charge on any atom is 0.237 e. The zero-order valence-electron chi connectivity index (χ0n) is 8.67. The Kier molecular flexibility index (Phi) is 3.48. The third-order valence-corrected chi connectivity index (χ3v) is 2.52. The summed E-state index contributed by atoms with van der Waals surface area (Å²) in [6.07, 6.45) is 2.01. The van der Waals surface area contributed by atoms with Crippen molar-refractivity contribution >= 4 is 5.91 Å². The zero-order chi connectivity index (χ0) is 10.6. The van der Waals surface area contributed by atoms with Crippen molar-refractivity contribution < 1.29 is 9.53 Å². The molecule has 0 radical (unpaired) electrons. The minimum atomic E-state index is -0.583. The van der Waals surface area contributed by atoms with Gasteiger partial charge in [-0.1, -0.05) is 0 Å². The minimum Gasteiger partial charge on any atom is -0.373 e. The number of nitriles is 1. The first kappa shape index (κ1) is 11.0. The van der Waals surface area contributed by atoms with Gasteiger partial charge in [0, 0.05) is 13.2 Å². The predicted octanol–water partition coefficient (Wildman–Crippen LogP) is 0.831. The molecular weight excluding hydrogens is 180 g/mol. The second kappa shape index (κ2) is 4.43. The van der Waals surface area contributed by atoms with Gasteiger partial charge in [-0.05, 0) is 26.7 Å². The van der Waals surface area contributed by atoms with Crippen molar-refractivity contribution in [1.29, 1.82) is 5.26 Å². The van der Waals surface area contributed by atoms with Crippen LogP contribution in [0.5, 0.6) is 0 Å². The molecule has 0 aromatic heterocycles. The number of carbonyl (C=O) groups excluding carboxylic acids is 1. The smallest absolute Gasteiger partial charge is 0.237 e. The van der Waals surface area contributed by atoms with Crippen LogP contribution in [0.25, 0.3) is 0 Å². The molecule has 0 bridgehead atoms. The van der Waals surface area contributed by atoms with E-state index in [1.54, 1.807) is 6.92 Å². The number of amides is 1. The van der Waals surface area contributed by atoms with Crippen molar-refractivity contribution in [3.63, 3.8) is 0 Å². The largest absolute Gasteiger partial charge is 0.373 e. The van der Waals surface area contributed by atoms with E-state index in [9.17, 15) is 4.79 Å². The van der Waals surface area contributed by atoms with Crippen LogP contribution in [0.2, 0.25) is 0 Å². The van der Waals surface area contributed by atoms with Gasteiger partial charge in [0.15, 0.2) is 0 Å². The van der Waals surface area contributed by atoms with E-state index in [2.05, 4.69) is 5.32 Å². The monoisotopic (exact) mass is 196 g/mol. The van der Waals surface area contributed by atoms with E-state index in [0.29, 0.717) is 6.54 Å². The first-order valence-electron chi connectivity index (χ1n) is 4.89. The SMILES string of the molecule is CC(C#N)C(=O)NCC1(C)CCCO1. The van der Waals surface area contributed by atoms with Gasteiger partial charge in [-0.3, -0.25) is 4.79 Å². The van der Waals surface area contributed by atoms with Crippen molar-refractivity contribution in [3.8, 4) is 6.07 Å². The van der Waals surface area contributed by atoms with Crippen LogP contribution in [0.1, 0.15) is 26.7 Å². The van der Waals surface area contributed by atoms with Crippen LogP contribution < -0.4 is 5.32 Å². The van der Waals surface area contributed by atoms with Gasteiger partial charge in [-0.2, -0.15) is 5.26 Å². The summed E-state index contributed by atoms with van der Waals surface area (Å²) >= 11 is 0. The molecule has 78 valence electrons. The van der Waals surface area contributed by atoms with E-state index in [4.69, 9.17) is 10.00 Å². The van der Waals surface area contributed by atoms with Crippen molar-refractivity contribution in [3.05, 3.63) is 0 Å². The fraction of sp³-hybridized carbons (Fsp3) is 0.800. The van der Waals surface area contributed by atoms with Crippen molar-refractivity contribution in [2.75, 3.05) is 13.2 Å². The fourth-order valence-electron chi connectivity index (χ4n) is 1.46. The van der Waals surface area contributed by atoms with Crippen molar-refractivity contribution in [2.45, 2.75) is 32.3 Å². The van der Waals surface area contributed by atoms with E-state index < -0.39 is 5.92 Å². The summed E-state index contributed by atoms with van der Waals surface area (Å²) in [7, 11) is 0. The molecule has 1 aliphatic rings. The summed E-state index contributed by atoms with van der Waals surface area (Å²) in [6, 6.07) is 1.90. The number of ether oxygens (including phenoxy) is 1. The van der Waals surface area contributed by atoms with E-state index in [1.165, 1.54) is 0 Å². The zero-order valence-corrected chi connectivity index (χ0v) is 8.67.